The molecule has 0 aliphatic heterocycles. The smallest absolute Gasteiger partial charge is 0.183 e. The number of rotatable bonds is 4. The lowest BCUT2D eigenvalue weighted by atomic mass is 10.1. The highest BCUT2D eigenvalue weighted by molar-refractivity contribution is 6.00. The highest BCUT2D eigenvalue weighted by atomic mass is 16.5. The molecule has 3 rings (SSSR count). The fraction of sp³-hybridized carbons (Fsp3) is 0.125. The number of aromatic nitrogens is 2. The molecule has 0 aliphatic rings. The number of benzene rings is 1. The van der Waals surface area contributed by atoms with Crippen LogP contribution in [0.5, 0.6) is 5.75 Å². The van der Waals surface area contributed by atoms with Gasteiger partial charge in [0.05, 0.1) is 24.5 Å². The Kier molecular flexibility index (Phi) is 3.21. The second kappa shape index (κ2) is 5.17. The number of nitrogens with zero attached hydrogens (tertiary/aromatic N) is 1. The summed E-state index contributed by atoms with van der Waals surface area (Å²) >= 11 is 0. The normalized spacial score (nSPS) is 10.7. The number of carbonyl (C=O) groups excluding carboxylic acids is 1. The van der Waals surface area contributed by atoms with Crippen molar-refractivity contribution in [3.05, 3.63) is 60.0 Å². The SMILES string of the molecule is COc1ccc(CC(=O)c2cc3ccncc3[nH]2)cc1. The fourth-order valence-corrected chi connectivity index (χ4v) is 2.15. The maximum absolute atomic E-state index is 12.3. The zero-order valence-electron chi connectivity index (χ0n) is 11.1. The third kappa shape index (κ3) is 2.40. The average molecular weight is 266 g/mol. The number of ether oxygens (including phenoxy) is 1. The van der Waals surface area contributed by atoms with E-state index in [0.29, 0.717) is 12.1 Å². The molecule has 0 amide bonds. The summed E-state index contributed by atoms with van der Waals surface area (Å²) in [5.74, 6) is 0.851. The Hall–Kier alpha value is -2.62. The summed E-state index contributed by atoms with van der Waals surface area (Å²) < 4.78 is 5.10. The highest BCUT2D eigenvalue weighted by Gasteiger charge is 2.10. The summed E-state index contributed by atoms with van der Waals surface area (Å²) in [5.41, 5.74) is 2.46. The van der Waals surface area contributed by atoms with Crippen LogP contribution in [0.1, 0.15) is 16.1 Å². The Balaban J connectivity index is 1.81. The maximum Gasteiger partial charge on any atom is 0.183 e. The third-order valence-corrected chi connectivity index (χ3v) is 3.25. The predicted molar refractivity (Wildman–Crippen MR) is 77.1 cm³/mol. The summed E-state index contributed by atoms with van der Waals surface area (Å²) in [4.78, 5) is 19.4. The number of pyridine rings is 1. The molecule has 0 saturated heterocycles. The van der Waals surface area contributed by atoms with Crippen LogP contribution < -0.4 is 4.74 Å². The standard InChI is InChI=1S/C16H14N2O2/c1-20-13-4-2-11(3-5-13)8-16(19)14-9-12-6-7-17-10-15(12)18-14/h2-7,9-10,18H,8H2,1H3. The number of ketones is 1. The van der Waals surface area contributed by atoms with Crippen molar-refractivity contribution < 1.29 is 9.53 Å². The van der Waals surface area contributed by atoms with Crippen molar-refractivity contribution in [1.29, 1.82) is 0 Å². The molecule has 1 N–H and O–H groups in total. The summed E-state index contributed by atoms with van der Waals surface area (Å²) in [6, 6.07) is 11.3. The molecule has 0 fully saturated rings. The largest absolute Gasteiger partial charge is 0.497 e. The molecular weight excluding hydrogens is 252 g/mol. The van der Waals surface area contributed by atoms with Gasteiger partial charge in [-0.05, 0) is 29.8 Å². The molecule has 2 aromatic heterocycles. The number of fused-ring (bicyclic) bond motifs is 1. The molecule has 4 heteroatoms. The minimum absolute atomic E-state index is 0.0615. The van der Waals surface area contributed by atoms with E-state index in [1.165, 1.54) is 0 Å². The van der Waals surface area contributed by atoms with Gasteiger partial charge < -0.3 is 9.72 Å². The number of H-pyrrole nitrogens is 1. The summed E-state index contributed by atoms with van der Waals surface area (Å²) in [7, 11) is 1.62. The van der Waals surface area contributed by atoms with Crippen LogP contribution in [-0.4, -0.2) is 22.9 Å². The van der Waals surface area contributed by atoms with Crippen LogP contribution in [-0.2, 0) is 6.42 Å². The zero-order valence-corrected chi connectivity index (χ0v) is 11.1. The van der Waals surface area contributed by atoms with Crippen molar-refractivity contribution in [1.82, 2.24) is 9.97 Å². The van der Waals surface area contributed by atoms with Crippen LogP contribution >= 0.6 is 0 Å². The number of methoxy groups -OCH3 is 1. The average Bonchev–Trinajstić information content (AvgIpc) is 2.92. The molecule has 0 unspecified atom stereocenters. The van der Waals surface area contributed by atoms with Crippen LogP contribution in [0.15, 0.2) is 48.8 Å². The van der Waals surface area contributed by atoms with Gasteiger partial charge in [0.15, 0.2) is 5.78 Å². The Morgan fingerprint density at radius 3 is 2.75 bits per heavy atom. The molecule has 0 radical (unpaired) electrons. The molecule has 4 nitrogen and oxygen atoms in total. The maximum atomic E-state index is 12.3. The van der Waals surface area contributed by atoms with Gasteiger partial charge in [-0.15, -0.1) is 0 Å². The first-order valence-electron chi connectivity index (χ1n) is 6.35. The third-order valence-electron chi connectivity index (χ3n) is 3.25. The van der Waals surface area contributed by atoms with Crippen LogP contribution in [0.3, 0.4) is 0 Å². The van der Waals surface area contributed by atoms with Gasteiger partial charge in [-0.1, -0.05) is 12.1 Å². The van der Waals surface area contributed by atoms with Crippen molar-refractivity contribution >= 4 is 16.7 Å². The summed E-state index contributed by atoms with van der Waals surface area (Å²) in [6.45, 7) is 0. The van der Waals surface area contributed by atoms with Crippen LogP contribution in [0.25, 0.3) is 10.9 Å². The number of hydrogen-bond acceptors (Lipinski definition) is 3. The molecule has 2 heterocycles. The first-order valence-corrected chi connectivity index (χ1v) is 6.35. The minimum atomic E-state index is 0.0615. The predicted octanol–water partition coefficient (Wildman–Crippen LogP) is 3.00. The molecule has 100 valence electrons. The number of nitrogens with one attached hydrogen (secondary N) is 1. The first kappa shape index (κ1) is 12.4. The number of hydrogen-bond donors (Lipinski definition) is 1. The van der Waals surface area contributed by atoms with E-state index >= 15 is 0 Å². The van der Waals surface area contributed by atoms with Crippen molar-refractivity contribution in [2.45, 2.75) is 6.42 Å². The van der Waals surface area contributed by atoms with Crippen molar-refractivity contribution in [2.75, 3.05) is 7.11 Å². The molecule has 3 aromatic rings. The Morgan fingerprint density at radius 1 is 1.25 bits per heavy atom. The van der Waals surface area contributed by atoms with Crippen molar-refractivity contribution in [2.24, 2.45) is 0 Å². The lowest BCUT2D eigenvalue weighted by molar-refractivity contribution is 0.0989. The number of Topliss-reactive ketones (excluding diaryl/α,β-unsaturated/α-hetero) is 1. The van der Waals surface area contributed by atoms with Gasteiger partial charge in [-0.2, -0.15) is 0 Å². The Bertz CT molecular complexity index is 712. The summed E-state index contributed by atoms with van der Waals surface area (Å²) in [6.07, 6.45) is 3.80. The van der Waals surface area contributed by atoms with Crippen LogP contribution in [0.2, 0.25) is 0 Å². The van der Waals surface area contributed by atoms with E-state index in [1.54, 1.807) is 19.5 Å². The van der Waals surface area contributed by atoms with E-state index in [0.717, 1.165) is 22.2 Å². The molecule has 0 atom stereocenters. The molecule has 0 aliphatic carbocycles. The monoisotopic (exact) mass is 266 g/mol. The van der Waals surface area contributed by atoms with E-state index in [4.69, 9.17) is 4.74 Å². The zero-order chi connectivity index (χ0) is 13.9. The first-order chi connectivity index (χ1) is 9.76. The quantitative estimate of drug-likeness (QED) is 0.738. The van der Waals surface area contributed by atoms with E-state index in [1.807, 2.05) is 36.4 Å². The Labute approximate surface area is 116 Å². The van der Waals surface area contributed by atoms with Crippen LogP contribution in [0.4, 0.5) is 0 Å². The molecular formula is C16H14N2O2. The van der Waals surface area contributed by atoms with Gasteiger partial charge >= 0.3 is 0 Å². The van der Waals surface area contributed by atoms with Gasteiger partial charge in [-0.25, -0.2) is 0 Å². The highest BCUT2D eigenvalue weighted by Crippen LogP contribution is 2.17. The molecule has 0 spiro atoms. The fourth-order valence-electron chi connectivity index (χ4n) is 2.15. The second-order valence-corrected chi connectivity index (χ2v) is 4.59. The van der Waals surface area contributed by atoms with Gasteiger partial charge in [0.1, 0.15) is 5.75 Å². The minimum Gasteiger partial charge on any atom is -0.497 e. The topological polar surface area (TPSA) is 55.0 Å². The molecule has 1 aromatic carbocycles. The second-order valence-electron chi connectivity index (χ2n) is 4.59. The van der Waals surface area contributed by atoms with Crippen molar-refractivity contribution in [3.63, 3.8) is 0 Å². The van der Waals surface area contributed by atoms with Gasteiger partial charge in [0.2, 0.25) is 0 Å². The lowest BCUT2D eigenvalue weighted by Gasteiger charge is -2.02. The van der Waals surface area contributed by atoms with E-state index in [-0.39, 0.29) is 5.78 Å². The molecule has 20 heavy (non-hydrogen) atoms. The number of carbonyl (C=O) groups is 1. The van der Waals surface area contributed by atoms with E-state index < -0.39 is 0 Å². The molecule has 0 saturated carbocycles. The van der Waals surface area contributed by atoms with Gasteiger partial charge in [0.25, 0.3) is 0 Å². The van der Waals surface area contributed by atoms with Gasteiger partial charge in [-0.3, -0.25) is 9.78 Å². The lowest BCUT2D eigenvalue weighted by Crippen LogP contribution is -2.03. The molecule has 0 bridgehead atoms. The number of aromatic amines is 1. The van der Waals surface area contributed by atoms with Crippen molar-refractivity contribution in [3.8, 4) is 5.75 Å². The van der Waals surface area contributed by atoms with E-state index in [9.17, 15) is 4.79 Å². The van der Waals surface area contributed by atoms with Gasteiger partial charge in [0, 0.05) is 18.0 Å². The van der Waals surface area contributed by atoms with Crippen LogP contribution in [0, 0.1) is 0 Å². The summed E-state index contributed by atoms with van der Waals surface area (Å²) in [5, 5.41) is 0.998. The Morgan fingerprint density at radius 2 is 2.05 bits per heavy atom. The van der Waals surface area contributed by atoms with E-state index in [2.05, 4.69) is 9.97 Å².